The summed E-state index contributed by atoms with van der Waals surface area (Å²) in [4.78, 5) is 11.0. The largest absolute Gasteiger partial charge is 0.478 e. The zero-order valence-corrected chi connectivity index (χ0v) is 8.27. The van der Waals surface area contributed by atoms with E-state index in [1.165, 1.54) is 0 Å². The van der Waals surface area contributed by atoms with Gasteiger partial charge >= 0.3 is 5.97 Å². The summed E-state index contributed by atoms with van der Waals surface area (Å²) in [6, 6.07) is 6.89. The molecule has 78 valence electrons. The maximum Gasteiger partial charge on any atom is 0.337 e. The molecule has 0 spiro atoms. The fourth-order valence-electron chi connectivity index (χ4n) is 1.80. The van der Waals surface area contributed by atoms with Crippen molar-refractivity contribution in [2.75, 3.05) is 0 Å². The number of nitrogens with zero attached hydrogens (tertiary/aromatic N) is 1. The molecule has 1 aromatic carbocycles. The number of benzene rings is 1. The van der Waals surface area contributed by atoms with Crippen LogP contribution in [0.4, 0.5) is 0 Å². The van der Waals surface area contributed by atoms with Crippen molar-refractivity contribution in [2.24, 2.45) is 7.05 Å². The van der Waals surface area contributed by atoms with Gasteiger partial charge in [0.05, 0.1) is 17.7 Å². The number of hydrogen-bond donors (Lipinski definition) is 2. The third-order valence-electron chi connectivity index (χ3n) is 2.55. The fraction of sp³-hybridized carbons (Fsp3) is 0.182. The second-order valence-electron chi connectivity index (χ2n) is 3.40. The molecule has 0 saturated carbocycles. The molecule has 4 heteroatoms. The molecule has 0 radical (unpaired) electrons. The highest BCUT2D eigenvalue weighted by molar-refractivity contribution is 6.02. The van der Waals surface area contributed by atoms with E-state index in [4.69, 9.17) is 10.2 Å². The molecule has 0 saturated heterocycles. The van der Waals surface area contributed by atoms with E-state index in [-0.39, 0.29) is 12.2 Å². The number of aromatic carboxylic acids is 1. The van der Waals surface area contributed by atoms with Crippen LogP contribution < -0.4 is 0 Å². The summed E-state index contributed by atoms with van der Waals surface area (Å²) < 4.78 is 1.71. The Morgan fingerprint density at radius 1 is 1.47 bits per heavy atom. The number of carbonyl (C=O) groups is 1. The van der Waals surface area contributed by atoms with Crippen LogP contribution in [0.1, 0.15) is 16.1 Å². The predicted molar refractivity (Wildman–Crippen MR) is 55.8 cm³/mol. The van der Waals surface area contributed by atoms with Gasteiger partial charge in [-0.15, -0.1) is 0 Å². The minimum absolute atomic E-state index is 0.0930. The predicted octanol–water partition coefficient (Wildman–Crippen LogP) is 1.37. The first kappa shape index (κ1) is 9.73. The Bertz CT molecular complexity index is 528. The first-order chi connectivity index (χ1) is 7.15. The van der Waals surface area contributed by atoms with E-state index >= 15 is 0 Å². The van der Waals surface area contributed by atoms with Gasteiger partial charge < -0.3 is 14.8 Å². The summed E-state index contributed by atoms with van der Waals surface area (Å²) in [7, 11) is 1.75. The van der Waals surface area contributed by atoms with Crippen molar-refractivity contribution < 1.29 is 15.0 Å². The lowest BCUT2D eigenvalue weighted by Gasteiger charge is -2.03. The second kappa shape index (κ2) is 3.40. The molecule has 0 fully saturated rings. The summed E-state index contributed by atoms with van der Waals surface area (Å²) in [5.41, 5.74) is 1.61. The van der Waals surface area contributed by atoms with Crippen LogP contribution in [-0.2, 0) is 13.7 Å². The summed E-state index contributed by atoms with van der Waals surface area (Å²) in [5, 5.41) is 18.9. The summed E-state index contributed by atoms with van der Waals surface area (Å²) in [6.07, 6.45) is 0. The molecule has 1 aromatic heterocycles. The lowest BCUT2D eigenvalue weighted by Crippen LogP contribution is -2.02. The van der Waals surface area contributed by atoms with Crippen molar-refractivity contribution in [2.45, 2.75) is 6.61 Å². The smallest absolute Gasteiger partial charge is 0.337 e. The van der Waals surface area contributed by atoms with Gasteiger partial charge in [0.2, 0.25) is 0 Å². The van der Waals surface area contributed by atoms with Gasteiger partial charge in [-0.25, -0.2) is 4.79 Å². The average molecular weight is 205 g/mol. The zero-order chi connectivity index (χ0) is 11.0. The van der Waals surface area contributed by atoms with Gasteiger partial charge in [-0.3, -0.25) is 0 Å². The molecular weight excluding hydrogens is 194 g/mol. The van der Waals surface area contributed by atoms with Crippen molar-refractivity contribution in [3.63, 3.8) is 0 Å². The standard InChI is InChI=1S/C11H11NO3/c1-12-8(6-13)5-7-3-2-4-9(10(7)12)11(14)15/h2-5,13H,6H2,1H3,(H,14,15). The number of aliphatic hydroxyl groups is 1. The Morgan fingerprint density at radius 3 is 2.80 bits per heavy atom. The molecule has 2 rings (SSSR count). The Kier molecular flexibility index (Phi) is 2.21. The highest BCUT2D eigenvalue weighted by atomic mass is 16.4. The van der Waals surface area contributed by atoms with Crippen molar-refractivity contribution >= 4 is 16.9 Å². The van der Waals surface area contributed by atoms with E-state index < -0.39 is 5.97 Å². The van der Waals surface area contributed by atoms with E-state index in [1.807, 2.05) is 6.07 Å². The summed E-state index contributed by atoms with van der Waals surface area (Å²) >= 11 is 0. The van der Waals surface area contributed by atoms with Gasteiger partial charge in [-0.1, -0.05) is 12.1 Å². The summed E-state index contributed by atoms with van der Waals surface area (Å²) in [6.45, 7) is -0.0930. The first-order valence-electron chi connectivity index (χ1n) is 4.56. The normalized spacial score (nSPS) is 10.8. The van der Waals surface area contributed by atoms with Crippen LogP contribution in [0.5, 0.6) is 0 Å². The molecule has 2 N–H and O–H groups in total. The van der Waals surface area contributed by atoms with Gasteiger partial charge in [0, 0.05) is 18.1 Å². The van der Waals surface area contributed by atoms with E-state index in [0.29, 0.717) is 11.2 Å². The van der Waals surface area contributed by atoms with Gasteiger partial charge in [0.1, 0.15) is 0 Å². The molecule has 1 heterocycles. The van der Waals surface area contributed by atoms with Crippen LogP contribution in [0.2, 0.25) is 0 Å². The Balaban J connectivity index is 2.84. The van der Waals surface area contributed by atoms with Crippen LogP contribution >= 0.6 is 0 Å². The molecule has 0 amide bonds. The lowest BCUT2D eigenvalue weighted by molar-refractivity contribution is 0.0698. The van der Waals surface area contributed by atoms with Crippen molar-refractivity contribution in [3.05, 3.63) is 35.5 Å². The van der Waals surface area contributed by atoms with Crippen molar-refractivity contribution in [1.82, 2.24) is 4.57 Å². The Morgan fingerprint density at radius 2 is 2.20 bits per heavy atom. The number of carboxylic acids is 1. The highest BCUT2D eigenvalue weighted by Crippen LogP contribution is 2.22. The maximum atomic E-state index is 11.0. The Hall–Kier alpha value is -1.81. The van der Waals surface area contributed by atoms with E-state index in [2.05, 4.69) is 0 Å². The molecule has 0 bridgehead atoms. The molecule has 2 aromatic rings. The number of aryl methyl sites for hydroxylation is 1. The Labute approximate surface area is 86.4 Å². The SMILES string of the molecule is Cn1c(CO)cc2cccc(C(=O)O)c21. The van der Waals surface area contributed by atoms with E-state index in [1.54, 1.807) is 29.8 Å². The number of rotatable bonds is 2. The second-order valence-corrected chi connectivity index (χ2v) is 3.40. The quantitative estimate of drug-likeness (QED) is 0.778. The van der Waals surface area contributed by atoms with Crippen LogP contribution in [0.15, 0.2) is 24.3 Å². The maximum absolute atomic E-state index is 11.0. The number of para-hydroxylation sites is 1. The van der Waals surface area contributed by atoms with Crippen LogP contribution in [-0.4, -0.2) is 20.7 Å². The molecule has 4 nitrogen and oxygen atoms in total. The minimum Gasteiger partial charge on any atom is -0.478 e. The number of aliphatic hydroxyl groups excluding tert-OH is 1. The van der Waals surface area contributed by atoms with Gasteiger partial charge in [-0.2, -0.15) is 0 Å². The van der Waals surface area contributed by atoms with Gasteiger partial charge in [-0.05, 0) is 12.1 Å². The molecule has 15 heavy (non-hydrogen) atoms. The molecular formula is C11H11NO3. The average Bonchev–Trinajstić information content (AvgIpc) is 2.55. The lowest BCUT2D eigenvalue weighted by atomic mass is 10.1. The number of fused-ring (bicyclic) bond motifs is 1. The monoisotopic (exact) mass is 205 g/mol. The number of hydrogen-bond acceptors (Lipinski definition) is 2. The van der Waals surface area contributed by atoms with Crippen LogP contribution in [0.3, 0.4) is 0 Å². The third-order valence-corrected chi connectivity index (χ3v) is 2.55. The minimum atomic E-state index is -0.953. The van der Waals surface area contributed by atoms with Gasteiger partial charge in [0.15, 0.2) is 0 Å². The van der Waals surface area contributed by atoms with Gasteiger partial charge in [0.25, 0.3) is 0 Å². The topological polar surface area (TPSA) is 62.5 Å². The molecule has 0 aliphatic rings. The fourth-order valence-corrected chi connectivity index (χ4v) is 1.80. The number of carboxylic acid groups (broad SMARTS) is 1. The third kappa shape index (κ3) is 1.39. The van der Waals surface area contributed by atoms with Crippen LogP contribution in [0.25, 0.3) is 10.9 Å². The van der Waals surface area contributed by atoms with E-state index in [0.717, 1.165) is 5.39 Å². The summed E-state index contributed by atoms with van der Waals surface area (Å²) in [5.74, 6) is -0.953. The first-order valence-corrected chi connectivity index (χ1v) is 4.56. The van der Waals surface area contributed by atoms with Crippen molar-refractivity contribution in [1.29, 1.82) is 0 Å². The molecule has 0 atom stereocenters. The number of aromatic nitrogens is 1. The van der Waals surface area contributed by atoms with Crippen LogP contribution in [0, 0.1) is 0 Å². The molecule has 0 unspecified atom stereocenters. The zero-order valence-electron chi connectivity index (χ0n) is 8.27. The van der Waals surface area contributed by atoms with Crippen molar-refractivity contribution in [3.8, 4) is 0 Å². The highest BCUT2D eigenvalue weighted by Gasteiger charge is 2.13. The molecule has 0 aliphatic carbocycles. The van der Waals surface area contributed by atoms with E-state index in [9.17, 15) is 4.79 Å². The molecule has 0 aliphatic heterocycles.